The summed E-state index contributed by atoms with van der Waals surface area (Å²) in [5.74, 6) is -1.49. The number of carboxylic acids is 2. The van der Waals surface area contributed by atoms with Crippen molar-refractivity contribution in [1.29, 1.82) is 0 Å². The third kappa shape index (κ3) is 9.29. The van der Waals surface area contributed by atoms with Crippen molar-refractivity contribution in [3.63, 3.8) is 0 Å². The van der Waals surface area contributed by atoms with E-state index in [0.29, 0.717) is 6.42 Å². The van der Waals surface area contributed by atoms with Crippen molar-refractivity contribution >= 4 is 17.7 Å². The molecule has 100 valence electrons. The second-order valence-corrected chi connectivity index (χ2v) is 3.67. The second-order valence-electron chi connectivity index (χ2n) is 3.67. The molecule has 0 aromatic rings. The predicted octanol–water partition coefficient (Wildman–Crippen LogP) is 0.582. The molecule has 0 aromatic heterocycles. The number of nitrogens with two attached hydrogens (primary N) is 1. The van der Waals surface area contributed by atoms with Gasteiger partial charge in [0.05, 0.1) is 6.54 Å². The SMILES string of the molecule is NCC(=O)O.O=C1C=CC(CCCC(=O)O)C=C1. The molecule has 6 nitrogen and oxygen atoms in total. The van der Waals surface area contributed by atoms with Crippen LogP contribution < -0.4 is 5.73 Å². The molecule has 4 N–H and O–H groups in total. The standard InChI is InChI=1S/C10H12O3.C2H5NO2/c11-9-6-4-8(5-7-9)2-1-3-10(12)13;3-1-2(4)5/h4-8H,1-3H2,(H,12,13);1,3H2,(H,4,5). The van der Waals surface area contributed by atoms with Gasteiger partial charge in [0.1, 0.15) is 0 Å². The van der Waals surface area contributed by atoms with Crippen molar-refractivity contribution in [1.82, 2.24) is 0 Å². The van der Waals surface area contributed by atoms with Crippen molar-refractivity contribution in [2.75, 3.05) is 6.54 Å². The molecule has 0 spiro atoms. The molecule has 0 radical (unpaired) electrons. The summed E-state index contributed by atoms with van der Waals surface area (Å²) in [6, 6.07) is 0. The van der Waals surface area contributed by atoms with Crippen LogP contribution in [0.4, 0.5) is 0 Å². The largest absolute Gasteiger partial charge is 0.481 e. The van der Waals surface area contributed by atoms with E-state index in [1.165, 1.54) is 12.2 Å². The third-order valence-corrected chi connectivity index (χ3v) is 2.12. The number of allylic oxidation sites excluding steroid dienone is 4. The zero-order valence-corrected chi connectivity index (χ0v) is 9.91. The molecule has 0 heterocycles. The molecule has 0 aromatic carbocycles. The molecule has 0 amide bonds. The fraction of sp³-hybridized carbons (Fsp3) is 0.417. The van der Waals surface area contributed by atoms with E-state index < -0.39 is 11.9 Å². The summed E-state index contributed by atoms with van der Waals surface area (Å²) >= 11 is 0. The number of ketones is 1. The normalized spacial score (nSPS) is 13.9. The van der Waals surface area contributed by atoms with Crippen LogP contribution in [0.1, 0.15) is 19.3 Å². The van der Waals surface area contributed by atoms with E-state index >= 15 is 0 Å². The molecule has 0 fully saturated rings. The zero-order valence-electron chi connectivity index (χ0n) is 9.91. The Balaban J connectivity index is 0.000000494. The smallest absolute Gasteiger partial charge is 0.317 e. The molecule has 0 bridgehead atoms. The fourth-order valence-electron chi connectivity index (χ4n) is 1.24. The van der Waals surface area contributed by atoms with E-state index in [4.69, 9.17) is 10.2 Å². The van der Waals surface area contributed by atoms with Gasteiger partial charge >= 0.3 is 11.9 Å². The number of carbonyl (C=O) groups is 3. The molecule has 18 heavy (non-hydrogen) atoms. The van der Waals surface area contributed by atoms with Crippen molar-refractivity contribution in [2.24, 2.45) is 11.7 Å². The minimum atomic E-state index is -0.968. The molecular formula is C12H17NO5. The summed E-state index contributed by atoms with van der Waals surface area (Å²) < 4.78 is 0. The molecule has 0 saturated carbocycles. The molecule has 6 heteroatoms. The van der Waals surface area contributed by atoms with Crippen LogP contribution in [0.3, 0.4) is 0 Å². The van der Waals surface area contributed by atoms with Gasteiger partial charge in [0.25, 0.3) is 0 Å². The molecule has 0 unspecified atom stereocenters. The minimum Gasteiger partial charge on any atom is -0.481 e. The molecule has 0 aliphatic heterocycles. The number of hydrogen-bond donors (Lipinski definition) is 3. The number of rotatable bonds is 5. The number of carbonyl (C=O) groups excluding carboxylic acids is 1. The first kappa shape index (κ1) is 16.1. The van der Waals surface area contributed by atoms with E-state index in [-0.39, 0.29) is 24.7 Å². The molecule has 0 saturated heterocycles. The Labute approximate surface area is 105 Å². The first-order valence-corrected chi connectivity index (χ1v) is 5.49. The third-order valence-electron chi connectivity index (χ3n) is 2.12. The van der Waals surface area contributed by atoms with Crippen LogP contribution in [0.15, 0.2) is 24.3 Å². The first-order valence-electron chi connectivity index (χ1n) is 5.49. The Hall–Kier alpha value is -1.95. The Morgan fingerprint density at radius 2 is 1.67 bits per heavy atom. The Bertz CT molecular complexity index is 343. The maximum atomic E-state index is 10.7. The average Bonchev–Trinajstić information content (AvgIpc) is 2.32. The van der Waals surface area contributed by atoms with E-state index in [0.717, 1.165) is 6.42 Å². The van der Waals surface area contributed by atoms with Crippen molar-refractivity contribution < 1.29 is 24.6 Å². The molecule has 1 rings (SSSR count). The van der Waals surface area contributed by atoms with Gasteiger partial charge in [-0.25, -0.2) is 0 Å². The minimum absolute atomic E-state index is 0.00878. The van der Waals surface area contributed by atoms with E-state index in [9.17, 15) is 14.4 Å². The Kier molecular flexibility index (Phi) is 8.13. The van der Waals surface area contributed by atoms with Crippen LogP contribution in [0.25, 0.3) is 0 Å². The summed E-state index contributed by atoms with van der Waals surface area (Å²) in [7, 11) is 0. The zero-order chi connectivity index (χ0) is 14.0. The molecule has 1 aliphatic carbocycles. The van der Waals surface area contributed by atoms with Gasteiger partial charge in [-0.05, 0) is 30.9 Å². The highest BCUT2D eigenvalue weighted by Crippen LogP contribution is 2.14. The van der Waals surface area contributed by atoms with Gasteiger partial charge in [-0.2, -0.15) is 0 Å². The lowest BCUT2D eigenvalue weighted by molar-refractivity contribution is -0.137. The quantitative estimate of drug-likeness (QED) is 0.661. The monoisotopic (exact) mass is 255 g/mol. The van der Waals surface area contributed by atoms with Crippen LogP contribution in [0.5, 0.6) is 0 Å². The Morgan fingerprint density at radius 3 is 2.06 bits per heavy atom. The van der Waals surface area contributed by atoms with Crippen LogP contribution in [-0.2, 0) is 14.4 Å². The fourth-order valence-corrected chi connectivity index (χ4v) is 1.24. The molecular weight excluding hydrogens is 238 g/mol. The number of carboxylic acid groups (broad SMARTS) is 2. The van der Waals surface area contributed by atoms with Gasteiger partial charge in [0, 0.05) is 6.42 Å². The maximum absolute atomic E-state index is 10.7. The summed E-state index contributed by atoms with van der Waals surface area (Å²) in [6.45, 7) is -0.278. The highest BCUT2D eigenvalue weighted by Gasteiger charge is 2.07. The topological polar surface area (TPSA) is 118 Å². The highest BCUT2D eigenvalue weighted by molar-refractivity contribution is 6.00. The van der Waals surface area contributed by atoms with Crippen LogP contribution in [0.2, 0.25) is 0 Å². The van der Waals surface area contributed by atoms with Crippen molar-refractivity contribution in [2.45, 2.75) is 19.3 Å². The molecule has 1 aliphatic rings. The summed E-state index contributed by atoms with van der Waals surface area (Å²) in [6.07, 6.45) is 8.37. The lowest BCUT2D eigenvalue weighted by Gasteiger charge is -2.08. The van der Waals surface area contributed by atoms with Crippen molar-refractivity contribution in [3.8, 4) is 0 Å². The lowest BCUT2D eigenvalue weighted by Crippen LogP contribution is -2.10. The molecule has 0 atom stereocenters. The van der Waals surface area contributed by atoms with Crippen LogP contribution >= 0.6 is 0 Å². The maximum Gasteiger partial charge on any atom is 0.317 e. The van der Waals surface area contributed by atoms with Gasteiger partial charge in [-0.1, -0.05) is 12.2 Å². The first-order chi connectivity index (χ1) is 8.45. The summed E-state index contributed by atoms with van der Waals surface area (Å²) in [4.78, 5) is 30.2. The Morgan fingerprint density at radius 1 is 1.17 bits per heavy atom. The van der Waals surface area contributed by atoms with Gasteiger partial charge in [-0.15, -0.1) is 0 Å². The predicted molar refractivity (Wildman–Crippen MR) is 65.0 cm³/mol. The van der Waals surface area contributed by atoms with E-state index in [2.05, 4.69) is 5.73 Å². The number of hydrogen-bond acceptors (Lipinski definition) is 4. The van der Waals surface area contributed by atoms with E-state index in [1.807, 2.05) is 12.2 Å². The lowest BCUT2D eigenvalue weighted by atomic mass is 9.97. The van der Waals surface area contributed by atoms with E-state index in [1.54, 1.807) is 0 Å². The second kappa shape index (κ2) is 9.12. The van der Waals surface area contributed by atoms with Crippen molar-refractivity contribution in [3.05, 3.63) is 24.3 Å². The van der Waals surface area contributed by atoms with Crippen LogP contribution in [0, 0.1) is 5.92 Å². The summed E-state index contributed by atoms with van der Waals surface area (Å²) in [5, 5.41) is 16.0. The van der Waals surface area contributed by atoms with Gasteiger partial charge in [-0.3, -0.25) is 14.4 Å². The highest BCUT2D eigenvalue weighted by atomic mass is 16.4. The van der Waals surface area contributed by atoms with Gasteiger partial charge in [0.2, 0.25) is 0 Å². The number of aliphatic carboxylic acids is 2. The average molecular weight is 255 g/mol. The van der Waals surface area contributed by atoms with Crippen LogP contribution in [-0.4, -0.2) is 34.5 Å². The summed E-state index contributed by atoms with van der Waals surface area (Å²) in [5.41, 5.74) is 4.57. The van der Waals surface area contributed by atoms with Gasteiger partial charge in [0.15, 0.2) is 5.78 Å². The van der Waals surface area contributed by atoms with Gasteiger partial charge < -0.3 is 15.9 Å².